The second-order valence-corrected chi connectivity index (χ2v) is 5.47. The van der Waals surface area contributed by atoms with Crippen LogP contribution in [-0.4, -0.2) is 11.0 Å². The monoisotopic (exact) mass is 388 g/mol. The van der Waals surface area contributed by atoms with Crippen molar-refractivity contribution in [1.82, 2.24) is 0 Å². The Balaban J connectivity index is 2.28. The summed E-state index contributed by atoms with van der Waals surface area (Å²) in [6.07, 6.45) is 0. The van der Waals surface area contributed by atoms with E-state index in [1.165, 1.54) is 12.1 Å². The second-order valence-electron chi connectivity index (χ2n) is 3.82. The highest BCUT2D eigenvalue weighted by Gasteiger charge is 2.14. The van der Waals surface area contributed by atoms with Crippen molar-refractivity contribution < 1.29 is 9.90 Å². The van der Waals surface area contributed by atoms with Crippen molar-refractivity contribution >= 4 is 51.5 Å². The average molecular weight is 389 g/mol. The van der Waals surface area contributed by atoms with E-state index in [9.17, 15) is 9.90 Å². The molecule has 4 nitrogen and oxygen atoms in total. The fourth-order valence-electron chi connectivity index (χ4n) is 1.53. The fourth-order valence-corrected chi connectivity index (χ4v) is 2.43. The van der Waals surface area contributed by atoms with E-state index in [1.54, 1.807) is 18.2 Å². The van der Waals surface area contributed by atoms with E-state index in [1.807, 2.05) is 6.07 Å². The van der Waals surface area contributed by atoms with Crippen LogP contribution in [0.2, 0.25) is 5.02 Å². The van der Waals surface area contributed by atoms with E-state index in [0.717, 1.165) is 3.57 Å². The van der Waals surface area contributed by atoms with E-state index in [2.05, 4.69) is 27.9 Å². The first-order valence-corrected chi connectivity index (χ1v) is 6.78. The molecule has 0 aromatic heterocycles. The van der Waals surface area contributed by atoms with Crippen LogP contribution >= 0.6 is 34.2 Å². The number of halogens is 2. The molecule has 0 atom stereocenters. The first-order chi connectivity index (χ1) is 8.99. The summed E-state index contributed by atoms with van der Waals surface area (Å²) < 4.78 is 0.965. The molecule has 0 spiro atoms. The van der Waals surface area contributed by atoms with E-state index < -0.39 is 5.91 Å². The van der Waals surface area contributed by atoms with E-state index in [4.69, 9.17) is 17.3 Å². The molecule has 19 heavy (non-hydrogen) atoms. The molecular formula is C13H10ClIN2O2. The number of nitrogen functional groups attached to an aromatic ring is 1. The summed E-state index contributed by atoms with van der Waals surface area (Å²) in [5.41, 5.74) is 6.29. The molecule has 0 aliphatic rings. The van der Waals surface area contributed by atoms with Gasteiger partial charge in [0, 0.05) is 3.57 Å². The van der Waals surface area contributed by atoms with Crippen molar-refractivity contribution in [2.24, 2.45) is 0 Å². The molecule has 0 fully saturated rings. The van der Waals surface area contributed by atoms with Crippen LogP contribution in [0.3, 0.4) is 0 Å². The zero-order valence-corrected chi connectivity index (χ0v) is 12.6. The van der Waals surface area contributed by atoms with Crippen molar-refractivity contribution in [3.63, 3.8) is 0 Å². The SMILES string of the molecule is Nc1cccc(C(=O)Nc2ccc(I)cc2Cl)c1O. The lowest BCUT2D eigenvalue weighted by Crippen LogP contribution is -2.13. The van der Waals surface area contributed by atoms with Crippen LogP contribution in [0.4, 0.5) is 11.4 Å². The van der Waals surface area contributed by atoms with Gasteiger partial charge >= 0.3 is 0 Å². The van der Waals surface area contributed by atoms with Gasteiger partial charge in [0.1, 0.15) is 0 Å². The Kier molecular flexibility index (Phi) is 4.16. The molecule has 98 valence electrons. The highest BCUT2D eigenvalue weighted by Crippen LogP contribution is 2.28. The summed E-state index contributed by atoms with van der Waals surface area (Å²) >= 11 is 8.15. The van der Waals surface area contributed by atoms with Crippen LogP contribution in [0.15, 0.2) is 36.4 Å². The second kappa shape index (κ2) is 5.66. The van der Waals surface area contributed by atoms with Gasteiger partial charge in [-0.05, 0) is 52.9 Å². The zero-order valence-electron chi connectivity index (χ0n) is 9.65. The number of nitrogens with two attached hydrogens (primary N) is 1. The number of aromatic hydroxyl groups is 1. The third-order valence-electron chi connectivity index (χ3n) is 2.49. The lowest BCUT2D eigenvalue weighted by Gasteiger charge is -2.09. The van der Waals surface area contributed by atoms with Crippen LogP contribution in [0.5, 0.6) is 5.75 Å². The Bertz CT molecular complexity index is 647. The topological polar surface area (TPSA) is 75.4 Å². The van der Waals surface area contributed by atoms with Gasteiger partial charge in [-0.1, -0.05) is 17.7 Å². The summed E-state index contributed by atoms with van der Waals surface area (Å²) in [5.74, 6) is -0.699. The van der Waals surface area contributed by atoms with Crippen molar-refractivity contribution in [1.29, 1.82) is 0 Å². The number of hydrogen-bond acceptors (Lipinski definition) is 3. The Labute approximate surface area is 128 Å². The zero-order chi connectivity index (χ0) is 14.0. The van der Waals surface area contributed by atoms with Gasteiger partial charge in [-0.3, -0.25) is 4.79 Å². The first kappa shape index (κ1) is 14.0. The van der Waals surface area contributed by atoms with Gasteiger partial charge in [0.05, 0.1) is 22.0 Å². The van der Waals surface area contributed by atoms with Gasteiger partial charge in [0.15, 0.2) is 5.75 Å². The number of hydrogen-bond donors (Lipinski definition) is 3. The summed E-state index contributed by atoms with van der Waals surface area (Å²) in [4.78, 5) is 12.0. The molecule has 2 aromatic carbocycles. The maximum absolute atomic E-state index is 12.0. The van der Waals surface area contributed by atoms with Gasteiger partial charge in [0.2, 0.25) is 0 Å². The number of phenolic OH excluding ortho intramolecular Hbond substituents is 1. The number of para-hydroxylation sites is 1. The van der Waals surface area contributed by atoms with Crippen LogP contribution in [0.25, 0.3) is 0 Å². The molecule has 2 rings (SSSR count). The van der Waals surface area contributed by atoms with Gasteiger partial charge < -0.3 is 16.2 Å². The lowest BCUT2D eigenvalue weighted by molar-refractivity contribution is 0.102. The minimum atomic E-state index is -0.465. The normalized spacial score (nSPS) is 10.2. The van der Waals surface area contributed by atoms with Gasteiger partial charge in [-0.15, -0.1) is 0 Å². The standard InChI is InChI=1S/C13H10ClIN2O2/c14-9-6-7(15)4-5-11(9)17-13(19)8-2-1-3-10(16)12(8)18/h1-6,18H,16H2,(H,17,19). The van der Waals surface area contributed by atoms with Crippen LogP contribution < -0.4 is 11.1 Å². The van der Waals surface area contributed by atoms with Crippen LogP contribution in [-0.2, 0) is 0 Å². The molecule has 0 heterocycles. The van der Waals surface area contributed by atoms with Crippen molar-refractivity contribution in [3.05, 3.63) is 50.6 Å². The number of amides is 1. The quantitative estimate of drug-likeness (QED) is 0.419. The lowest BCUT2D eigenvalue weighted by atomic mass is 10.1. The summed E-state index contributed by atoms with van der Waals surface area (Å²) in [6.45, 7) is 0. The van der Waals surface area contributed by atoms with Crippen molar-refractivity contribution in [3.8, 4) is 5.75 Å². The molecule has 6 heteroatoms. The molecule has 2 aromatic rings. The van der Waals surface area contributed by atoms with E-state index in [-0.39, 0.29) is 17.0 Å². The first-order valence-electron chi connectivity index (χ1n) is 5.33. The summed E-state index contributed by atoms with van der Waals surface area (Å²) in [6, 6.07) is 9.86. The minimum absolute atomic E-state index is 0.106. The van der Waals surface area contributed by atoms with Crippen LogP contribution in [0, 0.1) is 3.57 Å². The number of nitrogens with one attached hydrogen (secondary N) is 1. The number of rotatable bonds is 2. The molecule has 0 aliphatic carbocycles. The van der Waals surface area contributed by atoms with Crippen molar-refractivity contribution in [2.45, 2.75) is 0 Å². The summed E-state index contributed by atoms with van der Waals surface area (Å²) in [5, 5.41) is 12.8. The van der Waals surface area contributed by atoms with Gasteiger partial charge in [-0.25, -0.2) is 0 Å². The van der Waals surface area contributed by atoms with Crippen molar-refractivity contribution in [2.75, 3.05) is 11.1 Å². The molecule has 0 radical (unpaired) electrons. The third kappa shape index (κ3) is 3.10. The van der Waals surface area contributed by atoms with E-state index in [0.29, 0.717) is 10.7 Å². The average Bonchev–Trinajstić information content (AvgIpc) is 2.36. The molecular weight excluding hydrogens is 379 g/mol. The Morgan fingerprint density at radius 1 is 1.32 bits per heavy atom. The third-order valence-corrected chi connectivity index (χ3v) is 3.47. The van der Waals surface area contributed by atoms with Gasteiger partial charge in [0.25, 0.3) is 5.91 Å². The molecule has 0 saturated heterocycles. The fraction of sp³-hybridized carbons (Fsp3) is 0. The highest BCUT2D eigenvalue weighted by molar-refractivity contribution is 14.1. The Hall–Kier alpha value is -1.47. The van der Waals surface area contributed by atoms with E-state index >= 15 is 0 Å². The molecule has 1 amide bonds. The molecule has 0 saturated carbocycles. The number of carbonyl (C=O) groups is 1. The number of anilines is 2. The number of phenols is 1. The Morgan fingerprint density at radius 3 is 2.74 bits per heavy atom. The maximum Gasteiger partial charge on any atom is 0.259 e. The maximum atomic E-state index is 12.0. The molecule has 4 N–H and O–H groups in total. The largest absolute Gasteiger partial charge is 0.505 e. The molecule has 0 bridgehead atoms. The predicted octanol–water partition coefficient (Wildman–Crippen LogP) is 3.48. The summed E-state index contributed by atoms with van der Waals surface area (Å²) in [7, 11) is 0. The molecule has 0 aliphatic heterocycles. The minimum Gasteiger partial charge on any atom is -0.505 e. The number of benzene rings is 2. The van der Waals surface area contributed by atoms with Gasteiger partial charge in [-0.2, -0.15) is 0 Å². The molecule has 0 unspecified atom stereocenters. The highest BCUT2D eigenvalue weighted by atomic mass is 127. The van der Waals surface area contributed by atoms with Crippen LogP contribution in [0.1, 0.15) is 10.4 Å². The smallest absolute Gasteiger partial charge is 0.259 e. The Morgan fingerprint density at radius 2 is 2.05 bits per heavy atom. The predicted molar refractivity (Wildman–Crippen MR) is 84.6 cm³/mol. The number of carbonyl (C=O) groups excluding carboxylic acids is 1.